The topological polar surface area (TPSA) is 94.4 Å². The number of nitrogens with zero attached hydrogens (tertiary/aromatic N) is 5. The maximum absolute atomic E-state index is 12.7. The van der Waals surface area contributed by atoms with Crippen LogP contribution in [0.25, 0.3) is 16.9 Å². The molecule has 1 fully saturated rings. The summed E-state index contributed by atoms with van der Waals surface area (Å²) < 4.78 is 26.8. The standard InChI is InChI=1S/C20H27N6O3P/c1-15(16-7-6-12-25(13-16)30(27,28-2)29-3)23-20-21-11-10-19(24-20)26-14-22-17-8-4-5-9-18(17)26/h4-5,8-11,14-16H,6-7,12-13H2,1-3H3,(H,21,23,24). The van der Waals surface area contributed by atoms with E-state index in [0.29, 0.717) is 19.0 Å². The van der Waals surface area contributed by atoms with Crippen molar-refractivity contribution in [3.8, 4) is 5.82 Å². The Bertz CT molecular complexity index is 1050. The van der Waals surface area contributed by atoms with E-state index in [-0.39, 0.29) is 12.0 Å². The molecule has 0 spiro atoms. The van der Waals surface area contributed by atoms with Crippen molar-refractivity contribution < 1.29 is 13.6 Å². The first kappa shape index (κ1) is 20.9. The number of hydrogen-bond donors (Lipinski definition) is 1. The molecule has 2 atom stereocenters. The molecule has 2 aromatic heterocycles. The van der Waals surface area contributed by atoms with Crippen LogP contribution in [0.5, 0.6) is 0 Å². The van der Waals surface area contributed by atoms with E-state index in [1.54, 1.807) is 12.5 Å². The summed E-state index contributed by atoms with van der Waals surface area (Å²) >= 11 is 0. The Morgan fingerprint density at radius 2 is 2.00 bits per heavy atom. The van der Waals surface area contributed by atoms with E-state index in [4.69, 9.17) is 9.05 Å². The highest BCUT2D eigenvalue weighted by molar-refractivity contribution is 7.51. The molecular weight excluding hydrogens is 403 g/mol. The van der Waals surface area contributed by atoms with Crippen molar-refractivity contribution in [2.45, 2.75) is 25.8 Å². The third kappa shape index (κ3) is 4.11. The van der Waals surface area contributed by atoms with Gasteiger partial charge in [-0.05, 0) is 43.9 Å². The maximum Gasteiger partial charge on any atom is 0.407 e. The first-order chi connectivity index (χ1) is 14.5. The van der Waals surface area contributed by atoms with Gasteiger partial charge in [-0.25, -0.2) is 19.2 Å². The van der Waals surface area contributed by atoms with Crippen LogP contribution < -0.4 is 5.32 Å². The average molecular weight is 430 g/mol. The molecule has 30 heavy (non-hydrogen) atoms. The lowest BCUT2D eigenvalue weighted by atomic mass is 9.93. The number of aromatic nitrogens is 4. The summed E-state index contributed by atoms with van der Waals surface area (Å²) in [6, 6.07) is 9.89. The number of para-hydroxylation sites is 2. The predicted molar refractivity (Wildman–Crippen MR) is 116 cm³/mol. The second-order valence-corrected chi connectivity index (χ2v) is 9.66. The van der Waals surface area contributed by atoms with Crippen LogP contribution in [0.1, 0.15) is 19.8 Å². The third-order valence-electron chi connectivity index (χ3n) is 5.65. The number of benzene rings is 1. The van der Waals surface area contributed by atoms with Crippen molar-refractivity contribution in [3.05, 3.63) is 42.9 Å². The van der Waals surface area contributed by atoms with Crippen molar-refractivity contribution in [1.29, 1.82) is 0 Å². The van der Waals surface area contributed by atoms with E-state index in [2.05, 4.69) is 27.2 Å². The molecule has 0 radical (unpaired) electrons. The minimum absolute atomic E-state index is 0.0877. The molecule has 9 nitrogen and oxygen atoms in total. The number of nitrogens with one attached hydrogen (secondary N) is 1. The molecule has 3 aromatic rings. The van der Waals surface area contributed by atoms with Crippen molar-refractivity contribution in [2.75, 3.05) is 32.6 Å². The number of piperidine rings is 1. The highest BCUT2D eigenvalue weighted by Gasteiger charge is 2.36. The van der Waals surface area contributed by atoms with Gasteiger partial charge in [0.25, 0.3) is 0 Å². The number of anilines is 1. The van der Waals surface area contributed by atoms with Gasteiger partial charge in [0.1, 0.15) is 12.1 Å². The zero-order chi connectivity index (χ0) is 21.1. The molecule has 1 aliphatic heterocycles. The molecule has 0 bridgehead atoms. The van der Waals surface area contributed by atoms with Gasteiger partial charge in [-0.1, -0.05) is 12.1 Å². The lowest BCUT2D eigenvalue weighted by Crippen LogP contribution is -2.41. The van der Waals surface area contributed by atoms with Crippen molar-refractivity contribution >= 4 is 24.7 Å². The van der Waals surface area contributed by atoms with Gasteiger partial charge in [0, 0.05) is 39.5 Å². The Hall–Kier alpha value is -2.32. The number of rotatable bonds is 7. The lowest BCUT2D eigenvalue weighted by Gasteiger charge is -2.37. The molecular formula is C20H27N6O3P. The van der Waals surface area contributed by atoms with Gasteiger partial charge < -0.3 is 5.32 Å². The van der Waals surface area contributed by atoms with E-state index in [9.17, 15) is 4.57 Å². The Labute approximate surface area is 176 Å². The summed E-state index contributed by atoms with van der Waals surface area (Å²) in [4.78, 5) is 13.5. The van der Waals surface area contributed by atoms with Gasteiger partial charge in [0.05, 0.1) is 11.0 Å². The Morgan fingerprint density at radius 1 is 1.20 bits per heavy atom. The van der Waals surface area contributed by atoms with Crippen LogP contribution in [0.2, 0.25) is 0 Å². The SMILES string of the molecule is COP(=O)(OC)N1CCCC(C(C)Nc2nccc(-n3cnc4ccccc43)n2)C1. The fourth-order valence-electron chi connectivity index (χ4n) is 3.94. The van der Waals surface area contributed by atoms with Gasteiger partial charge in [0.2, 0.25) is 5.95 Å². The minimum Gasteiger partial charge on any atom is -0.351 e. The van der Waals surface area contributed by atoms with E-state index >= 15 is 0 Å². The van der Waals surface area contributed by atoms with Crippen LogP contribution in [0.15, 0.2) is 42.9 Å². The Kier molecular flexibility index (Phi) is 6.15. The monoisotopic (exact) mass is 430 g/mol. The van der Waals surface area contributed by atoms with Crippen LogP contribution in [0.3, 0.4) is 0 Å². The highest BCUT2D eigenvalue weighted by atomic mass is 31.2. The summed E-state index contributed by atoms with van der Waals surface area (Å²) in [6.07, 6.45) is 5.45. The number of hydrogen-bond acceptors (Lipinski definition) is 7. The van der Waals surface area contributed by atoms with Crippen molar-refractivity contribution in [2.24, 2.45) is 5.92 Å². The Balaban J connectivity index is 1.49. The summed E-state index contributed by atoms with van der Waals surface area (Å²) in [7, 11) is -0.366. The number of imidazole rings is 1. The minimum atomic E-state index is -3.22. The second kappa shape index (κ2) is 8.81. The molecule has 2 unspecified atom stereocenters. The summed E-state index contributed by atoms with van der Waals surface area (Å²) in [6.45, 7) is 3.42. The van der Waals surface area contributed by atoms with Crippen LogP contribution in [-0.2, 0) is 13.6 Å². The summed E-state index contributed by atoms with van der Waals surface area (Å²) in [5, 5.41) is 3.42. The van der Waals surface area contributed by atoms with Crippen LogP contribution in [-0.4, -0.2) is 57.5 Å². The van der Waals surface area contributed by atoms with Crippen molar-refractivity contribution in [3.63, 3.8) is 0 Å². The molecule has 1 aliphatic rings. The van der Waals surface area contributed by atoms with E-state index in [1.807, 2.05) is 39.6 Å². The normalized spacial score (nSPS) is 19.1. The smallest absolute Gasteiger partial charge is 0.351 e. The summed E-state index contributed by atoms with van der Waals surface area (Å²) in [5.74, 6) is 1.57. The lowest BCUT2D eigenvalue weighted by molar-refractivity contribution is 0.165. The molecule has 1 saturated heterocycles. The zero-order valence-electron chi connectivity index (χ0n) is 17.4. The van der Waals surface area contributed by atoms with E-state index in [1.165, 1.54) is 14.2 Å². The molecule has 0 amide bonds. The third-order valence-corrected chi connectivity index (χ3v) is 7.63. The molecule has 0 aliphatic carbocycles. The molecule has 3 heterocycles. The van der Waals surface area contributed by atoms with Crippen LogP contribution in [0.4, 0.5) is 5.95 Å². The Morgan fingerprint density at radius 3 is 2.80 bits per heavy atom. The second-order valence-electron chi connectivity index (χ2n) is 7.42. The molecule has 1 aromatic carbocycles. The molecule has 4 rings (SSSR count). The van der Waals surface area contributed by atoms with Crippen molar-refractivity contribution in [1.82, 2.24) is 24.2 Å². The highest BCUT2D eigenvalue weighted by Crippen LogP contribution is 2.52. The number of fused-ring (bicyclic) bond motifs is 1. The molecule has 0 saturated carbocycles. The zero-order valence-corrected chi connectivity index (χ0v) is 18.3. The average Bonchev–Trinajstić information content (AvgIpc) is 3.23. The van der Waals surface area contributed by atoms with Gasteiger partial charge in [-0.3, -0.25) is 13.6 Å². The van der Waals surface area contributed by atoms with Crippen LogP contribution in [0, 0.1) is 5.92 Å². The van der Waals surface area contributed by atoms with E-state index < -0.39 is 7.75 Å². The summed E-state index contributed by atoms with van der Waals surface area (Å²) in [5.41, 5.74) is 1.91. The van der Waals surface area contributed by atoms with Gasteiger partial charge in [-0.2, -0.15) is 4.98 Å². The maximum atomic E-state index is 12.7. The van der Waals surface area contributed by atoms with Gasteiger partial charge >= 0.3 is 7.75 Å². The molecule has 160 valence electrons. The fraction of sp³-hybridized carbons (Fsp3) is 0.450. The van der Waals surface area contributed by atoms with Gasteiger partial charge in [-0.15, -0.1) is 0 Å². The quantitative estimate of drug-likeness (QED) is 0.567. The molecule has 10 heteroatoms. The largest absolute Gasteiger partial charge is 0.407 e. The predicted octanol–water partition coefficient (Wildman–Crippen LogP) is 3.73. The van der Waals surface area contributed by atoms with Gasteiger partial charge in [0.15, 0.2) is 0 Å². The first-order valence-corrected chi connectivity index (χ1v) is 11.5. The molecule has 1 N–H and O–H groups in total. The van der Waals surface area contributed by atoms with E-state index in [0.717, 1.165) is 29.7 Å². The first-order valence-electron chi connectivity index (χ1n) is 10.0. The fourth-order valence-corrected chi connectivity index (χ4v) is 5.35. The van der Waals surface area contributed by atoms with Crippen LogP contribution >= 0.6 is 7.75 Å².